The topological polar surface area (TPSA) is 66.5 Å². The van der Waals surface area contributed by atoms with E-state index in [4.69, 9.17) is 11.6 Å². The van der Waals surface area contributed by atoms with Crippen molar-refractivity contribution in [2.75, 3.05) is 17.9 Å². The van der Waals surface area contributed by atoms with Crippen LogP contribution in [0.4, 0.5) is 18.9 Å². The quantitative estimate of drug-likeness (QED) is 0.530. The molecule has 0 aromatic heterocycles. The highest BCUT2D eigenvalue weighted by atomic mass is 35.5. The molecule has 5 nitrogen and oxygen atoms in total. The monoisotopic (exact) mass is 482 g/mol. The average Bonchev–Trinajstić information content (AvgIpc) is 2.76. The van der Waals surface area contributed by atoms with Crippen molar-refractivity contribution in [3.63, 3.8) is 0 Å². The summed E-state index contributed by atoms with van der Waals surface area (Å²) in [5.41, 5.74) is 1.51. The largest absolute Gasteiger partial charge is 0.407 e. The van der Waals surface area contributed by atoms with Crippen LogP contribution in [0.15, 0.2) is 77.7 Å². The van der Waals surface area contributed by atoms with Crippen LogP contribution in [0.25, 0.3) is 11.1 Å². The smallest absolute Gasteiger partial charge is 0.355 e. The molecule has 3 aromatic rings. The highest BCUT2D eigenvalue weighted by Gasteiger charge is 2.37. The highest BCUT2D eigenvalue weighted by Crippen LogP contribution is 2.31. The molecule has 0 radical (unpaired) electrons. The number of carbonyl (C=O) groups is 1. The van der Waals surface area contributed by atoms with Gasteiger partial charge in [-0.25, -0.2) is 8.42 Å². The van der Waals surface area contributed by atoms with Gasteiger partial charge in [0.25, 0.3) is 15.9 Å². The average molecular weight is 483 g/mol. The van der Waals surface area contributed by atoms with E-state index in [1.54, 1.807) is 24.3 Å². The number of anilines is 1. The molecule has 1 amide bonds. The number of sulfonamides is 1. The normalized spacial score (nSPS) is 11.8. The Kier molecular flexibility index (Phi) is 6.80. The molecule has 0 atom stereocenters. The summed E-state index contributed by atoms with van der Waals surface area (Å²) in [6.45, 7) is -1.70. The molecule has 0 aliphatic rings. The molecule has 3 aromatic carbocycles. The van der Waals surface area contributed by atoms with Crippen molar-refractivity contribution in [2.24, 2.45) is 0 Å². The zero-order valence-electron chi connectivity index (χ0n) is 16.7. The highest BCUT2D eigenvalue weighted by molar-refractivity contribution is 7.92. The Morgan fingerprint density at radius 2 is 1.62 bits per heavy atom. The number of carbonyl (C=O) groups excluding carboxylic acids is 1. The van der Waals surface area contributed by atoms with Crippen molar-refractivity contribution in [1.82, 2.24) is 5.32 Å². The lowest BCUT2D eigenvalue weighted by molar-refractivity contribution is -0.117. The van der Waals surface area contributed by atoms with E-state index in [0.717, 1.165) is 6.07 Å². The van der Waals surface area contributed by atoms with Gasteiger partial charge in [0.1, 0.15) is 6.54 Å². The van der Waals surface area contributed by atoms with Gasteiger partial charge in [0, 0.05) is 17.6 Å². The summed E-state index contributed by atoms with van der Waals surface area (Å²) in [4.78, 5) is 11.5. The van der Waals surface area contributed by atoms with Crippen LogP contribution >= 0.6 is 11.6 Å². The van der Waals surface area contributed by atoms with Gasteiger partial charge in [-0.15, -0.1) is 0 Å². The lowest BCUT2D eigenvalue weighted by Gasteiger charge is -2.26. The third-order valence-electron chi connectivity index (χ3n) is 4.55. The molecule has 0 aliphatic carbocycles. The van der Waals surface area contributed by atoms with Gasteiger partial charge in [-0.05, 0) is 53.6 Å². The van der Waals surface area contributed by atoms with E-state index in [0.29, 0.717) is 21.0 Å². The Morgan fingerprint density at radius 3 is 2.22 bits per heavy atom. The summed E-state index contributed by atoms with van der Waals surface area (Å²) in [5, 5.41) is 2.60. The summed E-state index contributed by atoms with van der Waals surface area (Å²) < 4.78 is 66.0. The lowest BCUT2D eigenvalue weighted by Crippen LogP contribution is -2.39. The van der Waals surface area contributed by atoms with Crippen molar-refractivity contribution in [2.45, 2.75) is 11.1 Å². The summed E-state index contributed by atoms with van der Waals surface area (Å²) >= 11 is 5.84. The molecular weight excluding hydrogens is 465 g/mol. The van der Waals surface area contributed by atoms with E-state index < -0.39 is 22.7 Å². The van der Waals surface area contributed by atoms with Crippen molar-refractivity contribution >= 4 is 33.2 Å². The fourth-order valence-corrected chi connectivity index (χ4v) is 4.79. The number of rotatable bonds is 6. The van der Waals surface area contributed by atoms with Crippen LogP contribution in [0.1, 0.15) is 10.4 Å². The Balaban J connectivity index is 2.01. The maximum atomic E-state index is 13.2. The Bertz CT molecular complexity index is 1230. The van der Waals surface area contributed by atoms with Gasteiger partial charge >= 0.3 is 6.18 Å². The van der Waals surface area contributed by atoms with E-state index in [1.807, 2.05) is 0 Å². The van der Waals surface area contributed by atoms with E-state index in [1.165, 1.54) is 49.5 Å². The molecule has 3 rings (SSSR count). The molecule has 168 valence electrons. The number of amides is 1. The number of nitrogens with zero attached hydrogens (tertiary/aromatic N) is 1. The number of halogens is 4. The molecular formula is C22H18ClF3N2O3S. The molecule has 0 aliphatic heterocycles. The van der Waals surface area contributed by atoms with E-state index in [9.17, 15) is 26.4 Å². The van der Waals surface area contributed by atoms with Crippen LogP contribution < -0.4 is 9.62 Å². The number of benzene rings is 3. The number of alkyl halides is 3. The molecule has 0 saturated heterocycles. The van der Waals surface area contributed by atoms with Crippen LogP contribution in [0.3, 0.4) is 0 Å². The third kappa shape index (κ3) is 5.41. The maximum absolute atomic E-state index is 13.2. The van der Waals surface area contributed by atoms with Crippen LogP contribution in [-0.2, 0) is 10.0 Å². The van der Waals surface area contributed by atoms with Crippen molar-refractivity contribution in [3.8, 4) is 11.1 Å². The first kappa shape index (κ1) is 23.6. The van der Waals surface area contributed by atoms with E-state index in [2.05, 4.69) is 5.32 Å². The predicted octanol–water partition coefficient (Wildman–Crippen LogP) is 5.12. The molecule has 1 N–H and O–H groups in total. The first-order chi connectivity index (χ1) is 15.0. The van der Waals surface area contributed by atoms with Gasteiger partial charge in [0.05, 0.1) is 10.6 Å². The summed E-state index contributed by atoms with van der Waals surface area (Å²) in [6.07, 6.45) is -4.77. The maximum Gasteiger partial charge on any atom is 0.407 e. The Hall–Kier alpha value is -3.04. The SMILES string of the molecule is CNC(=O)c1cccc(-c2ccc(N(CC(F)(F)F)S(=O)(=O)c3cccc(Cl)c3)cc2)c1. The van der Waals surface area contributed by atoms with E-state index in [-0.39, 0.29) is 21.5 Å². The van der Waals surface area contributed by atoms with Gasteiger partial charge in [-0.2, -0.15) is 13.2 Å². The predicted molar refractivity (Wildman–Crippen MR) is 117 cm³/mol. The first-order valence-electron chi connectivity index (χ1n) is 9.29. The van der Waals surface area contributed by atoms with Crippen LogP contribution in [0, 0.1) is 0 Å². The molecule has 10 heteroatoms. The number of hydrogen-bond donors (Lipinski definition) is 1. The van der Waals surface area contributed by atoms with Crippen LogP contribution in [0.5, 0.6) is 0 Å². The van der Waals surface area contributed by atoms with Crippen LogP contribution in [-0.4, -0.2) is 34.1 Å². The summed E-state index contributed by atoms with van der Waals surface area (Å²) in [5.74, 6) is -0.285. The number of nitrogens with one attached hydrogen (secondary N) is 1. The van der Waals surface area contributed by atoms with Gasteiger partial charge in [-0.3, -0.25) is 9.10 Å². The zero-order chi connectivity index (χ0) is 23.5. The second kappa shape index (κ2) is 9.22. The van der Waals surface area contributed by atoms with Gasteiger partial charge in [0.15, 0.2) is 0 Å². The molecule has 0 unspecified atom stereocenters. The molecule has 0 fully saturated rings. The fraction of sp³-hybridized carbons (Fsp3) is 0.136. The van der Waals surface area contributed by atoms with Crippen molar-refractivity contribution in [3.05, 3.63) is 83.4 Å². The molecule has 0 saturated carbocycles. The number of hydrogen-bond acceptors (Lipinski definition) is 3. The molecule has 0 bridgehead atoms. The Labute approximate surface area is 188 Å². The summed E-state index contributed by atoms with van der Waals surface area (Å²) in [7, 11) is -3.03. The minimum absolute atomic E-state index is 0.0874. The third-order valence-corrected chi connectivity index (χ3v) is 6.55. The standard InChI is InChI=1S/C22H18ClF3N2O3S/c1-27-21(29)17-5-2-4-16(12-17)15-8-10-19(11-9-15)28(14-22(24,25)26)32(30,31)20-7-3-6-18(23)13-20/h2-13H,14H2,1H3,(H,27,29). The second-order valence-corrected chi connectivity index (χ2v) is 9.09. The fourth-order valence-electron chi connectivity index (χ4n) is 3.04. The minimum atomic E-state index is -4.77. The lowest BCUT2D eigenvalue weighted by atomic mass is 10.0. The molecule has 32 heavy (non-hydrogen) atoms. The molecule has 0 heterocycles. The Morgan fingerprint density at radius 1 is 0.969 bits per heavy atom. The second-order valence-electron chi connectivity index (χ2n) is 6.79. The van der Waals surface area contributed by atoms with Gasteiger partial charge < -0.3 is 5.32 Å². The van der Waals surface area contributed by atoms with Crippen molar-refractivity contribution < 1.29 is 26.4 Å². The summed E-state index contributed by atoms with van der Waals surface area (Å²) in [6, 6.07) is 17.3. The minimum Gasteiger partial charge on any atom is -0.355 e. The van der Waals surface area contributed by atoms with Gasteiger partial charge in [-0.1, -0.05) is 41.9 Å². The van der Waals surface area contributed by atoms with Gasteiger partial charge in [0.2, 0.25) is 0 Å². The zero-order valence-corrected chi connectivity index (χ0v) is 18.3. The van der Waals surface area contributed by atoms with Crippen molar-refractivity contribution in [1.29, 1.82) is 0 Å². The van der Waals surface area contributed by atoms with Crippen LogP contribution in [0.2, 0.25) is 5.02 Å². The molecule has 0 spiro atoms. The van der Waals surface area contributed by atoms with E-state index >= 15 is 0 Å². The first-order valence-corrected chi connectivity index (χ1v) is 11.1.